The summed E-state index contributed by atoms with van der Waals surface area (Å²) in [6.45, 7) is 0. The van der Waals surface area contributed by atoms with Crippen LogP contribution >= 0.6 is 0 Å². The maximum atomic E-state index is 12.6. The van der Waals surface area contributed by atoms with E-state index in [1.54, 1.807) is 0 Å². The van der Waals surface area contributed by atoms with Gasteiger partial charge in [0.15, 0.2) is 22.4 Å². The molecule has 4 unspecified atom stereocenters. The van der Waals surface area contributed by atoms with Crippen molar-refractivity contribution < 1.29 is 49.2 Å². The minimum atomic E-state index is -2.87. The summed E-state index contributed by atoms with van der Waals surface area (Å²) in [5.74, 6) is -10.4. The number of rotatable bonds is 4. The van der Waals surface area contributed by atoms with E-state index in [1.807, 2.05) is 0 Å². The lowest BCUT2D eigenvalue weighted by Gasteiger charge is -2.39. The Morgan fingerprint density at radius 1 is 0.609 bits per heavy atom. The van der Waals surface area contributed by atoms with Crippen LogP contribution in [-0.2, 0) is 28.8 Å². The number of ketones is 2. The van der Waals surface area contributed by atoms with E-state index in [1.165, 1.54) is 0 Å². The standard InChI is InChI=1S/C13H10O10/c14-4-10(6(16)17)1-11(7(18)19)3-13(4,9(22)23)12(2-10,5(11)15)8(20)21/h1-3H2,(H,16,17)(H,18,19)(H,20,21)(H,22,23). The van der Waals surface area contributed by atoms with Crippen LogP contribution in [-0.4, -0.2) is 55.9 Å². The zero-order valence-electron chi connectivity index (χ0n) is 11.4. The summed E-state index contributed by atoms with van der Waals surface area (Å²) in [7, 11) is 0. The molecule has 10 heteroatoms. The Hall–Kier alpha value is -2.78. The number of carboxylic acids is 4. The topological polar surface area (TPSA) is 183 Å². The molecule has 0 aromatic heterocycles. The molecule has 0 aromatic carbocycles. The van der Waals surface area contributed by atoms with Crippen molar-refractivity contribution in [2.24, 2.45) is 21.7 Å². The third-order valence-corrected chi connectivity index (χ3v) is 5.66. The van der Waals surface area contributed by atoms with Gasteiger partial charge in [0.1, 0.15) is 10.8 Å². The molecule has 122 valence electrons. The van der Waals surface area contributed by atoms with Crippen LogP contribution in [0.3, 0.4) is 0 Å². The van der Waals surface area contributed by atoms with E-state index in [2.05, 4.69) is 0 Å². The van der Waals surface area contributed by atoms with Gasteiger partial charge in [0.2, 0.25) is 0 Å². The van der Waals surface area contributed by atoms with Crippen LogP contribution < -0.4 is 0 Å². The summed E-state index contributed by atoms with van der Waals surface area (Å²) < 4.78 is 0. The van der Waals surface area contributed by atoms with Gasteiger partial charge in [-0.05, 0) is 19.3 Å². The predicted molar refractivity (Wildman–Crippen MR) is 64.1 cm³/mol. The van der Waals surface area contributed by atoms with Crippen molar-refractivity contribution in [2.45, 2.75) is 19.3 Å². The summed E-state index contributed by atoms with van der Waals surface area (Å²) in [4.78, 5) is 71.9. The van der Waals surface area contributed by atoms with Crippen molar-refractivity contribution in [3.63, 3.8) is 0 Å². The molecule has 0 spiro atoms. The SMILES string of the molecule is O=C(O)C12CC3(C(=O)O)CC(C(=O)O)(C1=O)C(C(=O)O)(C2)C3=O. The number of aliphatic carboxylic acids is 4. The van der Waals surface area contributed by atoms with Crippen molar-refractivity contribution in [2.75, 3.05) is 0 Å². The van der Waals surface area contributed by atoms with Crippen molar-refractivity contribution in [3.05, 3.63) is 0 Å². The lowest BCUT2D eigenvalue weighted by Crippen LogP contribution is -2.55. The Morgan fingerprint density at radius 2 is 0.913 bits per heavy atom. The predicted octanol–water partition coefficient (Wildman–Crippen LogP) is -1.38. The fraction of sp³-hybridized carbons (Fsp3) is 0.538. The molecule has 4 rings (SSSR count). The third kappa shape index (κ3) is 1.09. The van der Waals surface area contributed by atoms with Crippen molar-refractivity contribution in [1.82, 2.24) is 0 Å². The summed E-state index contributed by atoms with van der Waals surface area (Å²) >= 11 is 0. The van der Waals surface area contributed by atoms with Gasteiger partial charge in [0, 0.05) is 0 Å². The van der Waals surface area contributed by atoms with Crippen LogP contribution in [0.5, 0.6) is 0 Å². The molecule has 10 nitrogen and oxygen atoms in total. The Balaban J connectivity index is 2.47. The van der Waals surface area contributed by atoms with Crippen molar-refractivity contribution in [3.8, 4) is 0 Å². The number of carbonyl (C=O) groups is 6. The zero-order valence-corrected chi connectivity index (χ0v) is 11.4. The molecule has 23 heavy (non-hydrogen) atoms. The van der Waals surface area contributed by atoms with Crippen LogP contribution in [0.1, 0.15) is 19.3 Å². The molecule has 0 heterocycles. The maximum absolute atomic E-state index is 12.6. The average molecular weight is 326 g/mol. The van der Waals surface area contributed by atoms with Gasteiger partial charge in [-0.25, -0.2) is 0 Å². The Morgan fingerprint density at radius 3 is 1.13 bits per heavy atom. The highest BCUT2D eigenvalue weighted by molar-refractivity contribution is 6.33. The molecule has 4 fully saturated rings. The maximum Gasteiger partial charge on any atom is 0.318 e. The lowest BCUT2D eigenvalue weighted by atomic mass is 9.58. The number of hydrogen-bond donors (Lipinski definition) is 4. The molecule has 0 amide bonds. The number of carboxylic acid groups (broad SMARTS) is 4. The second-order valence-electron chi connectivity index (χ2n) is 6.38. The zero-order chi connectivity index (χ0) is 17.6. The van der Waals surface area contributed by atoms with E-state index in [-0.39, 0.29) is 0 Å². The van der Waals surface area contributed by atoms with Crippen LogP contribution in [0.25, 0.3) is 0 Å². The highest BCUT2D eigenvalue weighted by Gasteiger charge is 2.93. The number of hydrogen-bond acceptors (Lipinski definition) is 6. The fourth-order valence-electron chi connectivity index (χ4n) is 4.74. The first kappa shape index (κ1) is 15.1. The molecule has 0 radical (unpaired) electrons. The Bertz CT molecular complexity index is 690. The Labute approximate surface area is 126 Å². The summed E-state index contributed by atoms with van der Waals surface area (Å²) in [5, 5.41) is 37.7. The molecule has 0 saturated heterocycles. The second kappa shape index (κ2) is 3.58. The first-order chi connectivity index (χ1) is 10.5. The van der Waals surface area contributed by atoms with Gasteiger partial charge in [0.25, 0.3) is 0 Å². The summed E-state index contributed by atoms with van der Waals surface area (Å²) in [6.07, 6.45) is -3.00. The molecular formula is C13H10O10. The summed E-state index contributed by atoms with van der Waals surface area (Å²) in [5.41, 5.74) is -10.7. The summed E-state index contributed by atoms with van der Waals surface area (Å²) in [6, 6.07) is 0. The monoisotopic (exact) mass is 326 g/mol. The molecule has 0 aromatic rings. The molecule has 0 aliphatic heterocycles. The van der Waals surface area contributed by atoms with Crippen LogP contribution in [0.2, 0.25) is 0 Å². The van der Waals surface area contributed by atoms with Gasteiger partial charge in [-0.2, -0.15) is 0 Å². The minimum Gasteiger partial charge on any atom is -0.480 e. The minimum absolute atomic E-state index is 0.924. The van der Waals surface area contributed by atoms with E-state index in [9.17, 15) is 49.2 Å². The highest BCUT2D eigenvalue weighted by atomic mass is 16.4. The molecule has 4 saturated carbocycles. The first-order valence-corrected chi connectivity index (χ1v) is 6.49. The van der Waals surface area contributed by atoms with E-state index < -0.39 is 76.4 Å². The smallest absolute Gasteiger partial charge is 0.318 e. The van der Waals surface area contributed by atoms with Gasteiger partial charge >= 0.3 is 23.9 Å². The van der Waals surface area contributed by atoms with E-state index in [0.29, 0.717) is 0 Å². The van der Waals surface area contributed by atoms with Crippen LogP contribution in [0.15, 0.2) is 0 Å². The molecule has 4 atom stereocenters. The number of Topliss-reactive ketones (excluding diaryl/α,β-unsaturated/α-hetero) is 2. The fourth-order valence-corrected chi connectivity index (χ4v) is 4.74. The third-order valence-electron chi connectivity index (χ3n) is 5.66. The van der Waals surface area contributed by atoms with Gasteiger partial charge in [-0.3, -0.25) is 28.8 Å². The molecular weight excluding hydrogens is 316 g/mol. The average Bonchev–Trinajstić information content (AvgIpc) is 2.71. The normalized spacial score (nSPS) is 43.7. The quantitative estimate of drug-likeness (QED) is 0.449. The molecule has 4 bridgehead atoms. The largest absolute Gasteiger partial charge is 0.480 e. The van der Waals surface area contributed by atoms with Gasteiger partial charge < -0.3 is 20.4 Å². The van der Waals surface area contributed by atoms with Crippen LogP contribution in [0, 0.1) is 21.7 Å². The van der Waals surface area contributed by atoms with Crippen LogP contribution in [0.4, 0.5) is 0 Å². The van der Waals surface area contributed by atoms with E-state index in [4.69, 9.17) is 0 Å². The molecule has 4 aliphatic rings. The lowest BCUT2D eigenvalue weighted by molar-refractivity contribution is -0.172. The van der Waals surface area contributed by atoms with E-state index in [0.717, 1.165) is 0 Å². The van der Waals surface area contributed by atoms with Gasteiger partial charge in [-0.1, -0.05) is 0 Å². The first-order valence-electron chi connectivity index (χ1n) is 6.49. The van der Waals surface area contributed by atoms with Crippen molar-refractivity contribution in [1.29, 1.82) is 0 Å². The second-order valence-corrected chi connectivity index (χ2v) is 6.38. The Kier molecular flexibility index (Phi) is 2.35. The van der Waals surface area contributed by atoms with E-state index >= 15 is 0 Å². The van der Waals surface area contributed by atoms with Gasteiger partial charge in [0.05, 0.1) is 0 Å². The molecule has 4 aliphatic carbocycles. The van der Waals surface area contributed by atoms with Gasteiger partial charge in [-0.15, -0.1) is 0 Å². The number of carbonyl (C=O) groups excluding carboxylic acids is 2. The highest BCUT2D eigenvalue weighted by Crippen LogP contribution is 2.76. The molecule has 4 N–H and O–H groups in total. The van der Waals surface area contributed by atoms with Crippen molar-refractivity contribution >= 4 is 35.4 Å².